The van der Waals surface area contributed by atoms with E-state index in [-0.39, 0.29) is 0 Å². The molecule has 13 heavy (non-hydrogen) atoms. The van der Waals surface area contributed by atoms with Gasteiger partial charge >= 0.3 is 0 Å². The summed E-state index contributed by atoms with van der Waals surface area (Å²) < 4.78 is 5.33. The molecule has 2 heterocycles. The Hall–Kier alpha value is -0.540. The molecule has 2 rings (SSSR count). The van der Waals surface area contributed by atoms with Gasteiger partial charge < -0.3 is 14.5 Å². The molecule has 74 valence electrons. The average molecular weight is 182 g/mol. The van der Waals surface area contributed by atoms with Crippen LogP contribution in [0.5, 0.6) is 0 Å². The summed E-state index contributed by atoms with van der Waals surface area (Å²) in [6.45, 7) is 6.25. The molecule has 0 aliphatic carbocycles. The second-order valence-electron chi connectivity index (χ2n) is 3.81. The molecule has 2 aliphatic rings. The fourth-order valence-electron chi connectivity index (χ4n) is 1.90. The van der Waals surface area contributed by atoms with E-state index in [1.807, 2.05) is 0 Å². The Morgan fingerprint density at radius 1 is 1.23 bits per heavy atom. The summed E-state index contributed by atoms with van der Waals surface area (Å²) in [6.07, 6.45) is 3.56. The van der Waals surface area contributed by atoms with Crippen molar-refractivity contribution in [3.05, 3.63) is 11.8 Å². The molecule has 0 amide bonds. The van der Waals surface area contributed by atoms with Crippen molar-refractivity contribution in [2.24, 2.45) is 0 Å². The Bertz CT molecular complexity index is 197. The Morgan fingerprint density at radius 3 is 2.62 bits per heavy atom. The zero-order valence-electron chi connectivity index (χ0n) is 8.33. The molecule has 3 nitrogen and oxygen atoms in total. The van der Waals surface area contributed by atoms with Gasteiger partial charge in [0.15, 0.2) is 0 Å². The van der Waals surface area contributed by atoms with Gasteiger partial charge in [-0.15, -0.1) is 0 Å². The standard InChI is InChI=1S/C10H18N2O/c1-11-4-2-10(3-5-11)12-6-8-13-9-7-12/h2H,3-9H2,1H3. The van der Waals surface area contributed by atoms with E-state index in [9.17, 15) is 0 Å². The molecule has 0 saturated carbocycles. The third-order valence-electron chi connectivity index (χ3n) is 2.81. The monoisotopic (exact) mass is 182 g/mol. The van der Waals surface area contributed by atoms with E-state index in [0.717, 1.165) is 32.8 Å². The second-order valence-corrected chi connectivity index (χ2v) is 3.81. The van der Waals surface area contributed by atoms with Crippen molar-refractivity contribution < 1.29 is 4.74 Å². The minimum Gasteiger partial charge on any atom is -0.378 e. The van der Waals surface area contributed by atoms with Crippen LogP contribution in [-0.4, -0.2) is 56.2 Å². The fourth-order valence-corrected chi connectivity index (χ4v) is 1.90. The van der Waals surface area contributed by atoms with E-state index < -0.39 is 0 Å². The average Bonchev–Trinajstić information content (AvgIpc) is 2.20. The van der Waals surface area contributed by atoms with Crippen LogP contribution in [0.3, 0.4) is 0 Å². The van der Waals surface area contributed by atoms with E-state index in [0.29, 0.717) is 0 Å². The summed E-state index contributed by atoms with van der Waals surface area (Å²) in [5.41, 5.74) is 1.53. The molecule has 0 aromatic carbocycles. The quantitative estimate of drug-likeness (QED) is 0.588. The van der Waals surface area contributed by atoms with Gasteiger partial charge in [0.05, 0.1) is 13.2 Å². The van der Waals surface area contributed by atoms with Crippen molar-refractivity contribution in [2.45, 2.75) is 6.42 Å². The minimum absolute atomic E-state index is 0.896. The van der Waals surface area contributed by atoms with Crippen molar-refractivity contribution >= 4 is 0 Å². The molecule has 0 radical (unpaired) electrons. The van der Waals surface area contributed by atoms with E-state index in [4.69, 9.17) is 4.74 Å². The molecule has 0 atom stereocenters. The summed E-state index contributed by atoms with van der Waals surface area (Å²) >= 11 is 0. The lowest BCUT2D eigenvalue weighted by Crippen LogP contribution is -2.38. The topological polar surface area (TPSA) is 15.7 Å². The van der Waals surface area contributed by atoms with Gasteiger partial charge in [-0.3, -0.25) is 0 Å². The SMILES string of the molecule is CN1CC=C(N2CCOCC2)CC1. The van der Waals surface area contributed by atoms with Crippen molar-refractivity contribution in [2.75, 3.05) is 46.4 Å². The van der Waals surface area contributed by atoms with Crippen molar-refractivity contribution in [1.82, 2.24) is 9.80 Å². The predicted molar refractivity (Wildman–Crippen MR) is 52.6 cm³/mol. The van der Waals surface area contributed by atoms with E-state index in [1.54, 1.807) is 0 Å². The first-order chi connectivity index (χ1) is 6.36. The van der Waals surface area contributed by atoms with Crippen LogP contribution in [0.4, 0.5) is 0 Å². The Balaban J connectivity index is 1.92. The number of nitrogens with zero attached hydrogens (tertiary/aromatic N) is 2. The summed E-state index contributed by atoms with van der Waals surface area (Å²) in [6, 6.07) is 0. The molecule has 0 aromatic heterocycles. The van der Waals surface area contributed by atoms with Crippen molar-refractivity contribution in [1.29, 1.82) is 0 Å². The van der Waals surface area contributed by atoms with Gasteiger partial charge in [-0.05, 0) is 13.5 Å². The van der Waals surface area contributed by atoms with Crippen LogP contribution in [-0.2, 0) is 4.74 Å². The number of hydrogen-bond donors (Lipinski definition) is 0. The zero-order chi connectivity index (χ0) is 9.10. The molecule has 0 aromatic rings. The van der Waals surface area contributed by atoms with Crippen LogP contribution < -0.4 is 0 Å². The first kappa shape index (κ1) is 9.03. The molecule has 3 heteroatoms. The highest BCUT2D eigenvalue weighted by Crippen LogP contribution is 2.15. The van der Waals surface area contributed by atoms with Crippen LogP contribution in [0.1, 0.15) is 6.42 Å². The van der Waals surface area contributed by atoms with Crippen molar-refractivity contribution in [3.63, 3.8) is 0 Å². The van der Waals surface area contributed by atoms with E-state index >= 15 is 0 Å². The predicted octanol–water partition coefficient (Wildman–Crippen LogP) is 0.538. The van der Waals surface area contributed by atoms with Gasteiger partial charge in [-0.2, -0.15) is 0 Å². The van der Waals surface area contributed by atoms with E-state index in [2.05, 4.69) is 22.9 Å². The van der Waals surface area contributed by atoms with Gasteiger partial charge in [0.2, 0.25) is 0 Å². The van der Waals surface area contributed by atoms with Crippen molar-refractivity contribution in [3.8, 4) is 0 Å². The number of rotatable bonds is 1. The normalized spacial score (nSPS) is 25.9. The Kier molecular flexibility index (Phi) is 2.86. The molecular formula is C10H18N2O. The lowest BCUT2D eigenvalue weighted by molar-refractivity contribution is 0.0503. The molecule has 0 spiro atoms. The molecule has 0 bridgehead atoms. The maximum atomic E-state index is 5.33. The van der Waals surface area contributed by atoms with E-state index in [1.165, 1.54) is 18.7 Å². The van der Waals surface area contributed by atoms with Gasteiger partial charge in [0, 0.05) is 31.9 Å². The summed E-state index contributed by atoms with van der Waals surface area (Å²) in [5, 5.41) is 0. The van der Waals surface area contributed by atoms with Crippen LogP contribution in [0, 0.1) is 0 Å². The lowest BCUT2D eigenvalue weighted by Gasteiger charge is -2.34. The summed E-state index contributed by atoms with van der Waals surface area (Å²) in [5.74, 6) is 0. The van der Waals surface area contributed by atoms with Crippen LogP contribution in [0.2, 0.25) is 0 Å². The zero-order valence-corrected chi connectivity index (χ0v) is 8.33. The molecule has 0 N–H and O–H groups in total. The highest BCUT2D eigenvalue weighted by atomic mass is 16.5. The minimum atomic E-state index is 0.896. The second kappa shape index (κ2) is 4.11. The first-order valence-corrected chi connectivity index (χ1v) is 5.06. The lowest BCUT2D eigenvalue weighted by atomic mass is 10.2. The molecular weight excluding hydrogens is 164 g/mol. The van der Waals surface area contributed by atoms with Gasteiger partial charge in [0.25, 0.3) is 0 Å². The number of morpholine rings is 1. The van der Waals surface area contributed by atoms with Crippen LogP contribution in [0.25, 0.3) is 0 Å². The third-order valence-corrected chi connectivity index (χ3v) is 2.81. The van der Waals surface area contributed by atoms with Crippen LogP contribution in [0.15, 0.2) is 11.8 Å². The highest BCUT2D eigenvalue weighted by molar-refractivity contribution is 5.06. The molecule has 1 fully saturated rings. The summed E-state index contributed by atoms with van der Waals surface area (Å²) in [4.78, 5) is 4.82. The number of hydrogen-bond acceptors (Lipinski definition) is 3. The molecule has 0 unspecified atom stereocenters. The molecule has 2 aliphatic heterocycles. The Labute approximate surface area is 80.0 Å². The first-order valence-electron chi connectivity index (χ1n) is 5.06. The molecule has 1 saturated heterocycles. The number of likely N-dealkylation sites (N-methyl/N-ethyl adjacent to an activating group) is 1. The maximum absolute atomic E-state index is 5.33. The fraction of sp³-hybridized carbons (Fsp3) is 0.800. The van der Waals surface area contributed by atoms with Gasteiger partial charge in [0.1, 0.15) is 0 Å². The Morgan fingerprint density at radius 2 is 2.00 bits per heavy atom. The smallest absolute Gasteiger partial charge is 0.0642 e. The van der Waals surface area contributed by atoms with Gasteiger partial charge in [-0.25, -0.2) is 0 Å². The van der Waals surface area contributed by atoms with Crippen LogP contribution >= 0.6 is 0 Å². The largest absolute Gasteiger partial charge is 0.378 e. The third kappa shape index (κ3) is 2.23. The van der Waals surface area contributed by atoms with Gasteiger partial charge in [-0.1, -0.05) is 6.08 Å². The highest BCUT2D eigenvalue weighted by Gasteiger charge is 2.16. The summed E-state index contributed by atoms with van der Waals surface area (Å²) in [7, 11) is 2.17. The maximum Gasteiger partial charge on any atom is 0.0642 e. The number of ether oxygens (including phenoxy) is 1.